The predicted molar refractivity (Wildman–Crippen MR) is 99.9 cm³/mol. The van der Waals surface area contributed by atoms with Gasteiger partial charge < -0.3 is 14.2 Å². The lowest BCUT2D eigenvalue weighted by Crippen LogP contribution is -2.17. The molecule has 2 aromatic carbocycles. The molecule has 0 aromatic heterocycles. The van der Waals surface area contributed by atoms with Crippen LogP contribution in [0.3, 0.4) is 0 Å². The second-order valence-corrected chi connectivity index (χ2v) is 5.75. The number of hydrazone groups is 1. The molecule has 0 radical (unpaired) electrons. The maximum atomic E-state index is 12.1. The Morgan fingerprint density at radius 2 is 1.92 bits per heavy atom. The Kier molecular flexibility index (Phi) is 6.82. The monoisotopic (exact) mass is 406 g/mol. The second kappa shape index (κ2) is 9.08. The molecule has 25 heavy (non-hydrogen) atoms. The van der Waals surface area contributed by atoms with Crippen LogP contribution in [-0.4, -0.2) is 32.9 Å². The number of hydrogen-bond donors (Lipinski definition) is 1. The summed E-state index contributed by atoms with van der Waals surface area (Å²) < 4.78 is 16.6. The normalized spacial score (nSPS) is 10.6. The van der Waals surface area contributed by atoms with Crippen molar-refractivity contribution >= 4 is 28.1 Å². The van der Waals surface area contributed by atoms with Crippen LogP contribution in [-0.2, 0) is 0 Å². The number of benzene rings is 2. The van der Waals surface area contributed by atoms with Gasteiger partial charge in [-0.2, -0.15) is 5.10 Å². The van der Waals surface area contributed by atoms with Crippen LogP contribution in [0.1, 0.15) is 22.8 Å². The molecule has 0 bridgehead atoms. The summed E-state index contributed by atoms with van der Waals surface area (Å²) in [5, 5.41) is 3.98. The number of nitrogens with one attached hydrogen (secondary N) is 1. The topological polar surface area (TPSA) is 69.2 Å². The summed E-state index contributed by atoms with van der Waals surface area (Å²) in [5.41, 5.74) is 3.73. The van der Waals surface area contributed by atoms with Gasteiger partial charge in [0.2, 0.25) is 0 Å². The van der Waals surface area contributed by atoms with Crippen molar-refractivity contribution in [3.05, 3.63) is 52.0 Å². The van der Waals surface area contributed by atoms with Gasteiger partial charge >= 0.3 is 0 Å². The van der Waals surface area contributed by atoms with E-state index < -0.39 is 0 Å². The standard InChI is InChI=1S/C18H19BrN2O4/c1-4-25-14-7-5-13(6-8-14)18(22)21-20-11-12-9-15(19)17(24-3)16(10-12)23-2/h5-11H,4H2,1-3H3,(H,21,22)/b20-11+. The van der Waals surface area contributed by atoms with Crippen molar-refractivity contribution in [1.29, 1.82) is 0 Å². The Hall–Kier alpha value is -2.54. The maximum Gasteiger partial charge on any atom is 0.271 e. The van der Waals surface area contributed by atoms with E-state index in [1.54, 1.807) is 44.6 Å². The highest BCUT2D eigenvalue weighted by Crippen LogP contribution is 2.35. The van der Waals surface area contributed by atoms with Gasteiger partial charge in [0.15, 0.2) is 11.5 Å². The summed E-state index contributed by atoms with van der Waals surface area (Å²) in [6.45, 7) is 2.48. The summed E-state index contributed by atoms with van der Waals surface area (Å²) in [6.07, 6.45) is 1.53. The van der Waals surface area contributed by atoms with Crippen molar-refractivity contribution < 1.29 is 19.0 Å². The number of ether oxygens (including phenoxy) is 3. The van der Waals surface area contributed by atoms with E-state index in [1.807, 2.05) is 13.0 Å². The van der Waals surface area contributed by atoms with Gasteiger partial charge in [-0.15, -0.1) is 0 Å². The van der Waals surface area contributed by atoms with Gasteiger partial charge in [0.25, 0.3) is 5.91 Å². The van der Waals surface area contributed by atoms with E-state index in [-0.39, 0.29) is 5.91 Å². The van der Waals surface area contributed by atoms with Gasteiger partial charge in [0.1, 0.15) is 5.75 Å². The summed E-state index contributed by atoms with van der Waals surface area (Å²) in [4.78, 5) is 12.1. The average molecular weight is 407 g/mol. The van der Waals surface area contributed by atoms with Crippen molar-refractivity contribution in [3.8, 4) is 17.2 Å². The molecule has 0 aliphatic rings. The number of halogens is 1. The second-order valence-electron chi connectivity index (χ2n) is 4.89. The molecule has 0 atom stereocenters. The molecule has 7 heteroatoms. The van der Waals surface area contributed by atoms with Crippen LogP contribution in [0.25, 0.3) is 0 Å². The molecular weight excluding hydrogens is 388 g/mol. The SMILES string of the molecule is CCOc1ccc(C(=O)N/N=C/c2cc(Br)c(OC)c(OC)c2)cc1. The van der Waals surface area contributed by atoms with Crippen molar-refractivity contribution in [3.63, 3.8) is 0 Å². The molecular formula is C18H19BrN2O4. The van der Waals surface area contributed by atoms with Gasteiger partial charge in [-0.05, 0) is 64.8 Å². The van der Waals surface area contributed by atoms with Crippen LogP contribution in [0.15, 0.2) is 46.0 Å². The number of methoxy groups -OCH3 is 2. The van der Waals surface area contributed by atoms with E-state index in [0.717, 1.165) is 15.8 Å². The van der Waals surface area contributed by atoms with Crippen LogP contribution >= 0.6 is 15.9 Å². The molecule has 0 aliphatic carbocycles. The van der Waals surface area contributed by atoms with Gasteiger partial charge in [0.05, 0.1) is 31.5 Å². The molecule has 1 amide bonds. The Morgan fingerprint density at radius 1 is 1.20 bits per heavy atom. The third kappa shape index (κ3) is 4.96. The quantitative estimate of drug-likeness (QED) is 0.562. The zero-order valence-corrected chi connectivity index (χ0v) is 15.8. The number of rotatable bonds is 7. The zero-order chi connectivity index (χ0) is 18.2. The minimum absolute atomic E-state index is 0.307. The van der Waals surface area contributed by atoms with Gasteiger partial charge in [-0.3, -0.25) is 4.79 Å². The fraction of sp³-hybridized carbons (Fsp3) is 0.222. The lowest BCUT2D eigenvalue weighted by atomic mass is 10.2. The third-order valence-electron chi connectivity index (χ3n) is 3.26. The third-order valence-corrected chi connectivity index (χ3v) is 3.85. The number of nitrogens with zero attached hydrogens (tertiary/aromatic N) is 1. The summed E-state index contributed by atoms with van der Waals surface area (Å²) in [5.74, 6) is 1.57. The van der Waals surface area contributed by atoms with Crippen molar-refractivity contribution in [2.45, 2.75) is 6.92 Å². The molecule has 0 heterocycles. The molecule has 2 rings (SSSR count). The van der Waals surface area contributed by atoms with Gasteiger partial charge in [-0.25, -0.2) is 5.43 Å². The van der Waals surface area contributed by atoms with Gasteiger partial charge in [0, 0.05) is 5.56 Å². The van der Waals surface area contributed by atoms with E-state index >= 15 is 0 Å². The highest BCUT2D eigenvalue weighted by atomic mass is 79.9. The minimum atomic E-state index is -0.307. The van der Waals surface area contributed by atoms with E-state index in [0.29, 0.717) is 23.7 Å². The summed E-state index contributed by atoms with van der Waals surface area (Å²) >= 11 is 3.41. The first kappa shape index (κ1) is 18.8. The maximum absolute atomic E-state index is 12.1. The first-order valence-electron chi connectivity index (χ1n) is 7.56. The molecule has 0 saturated heterocycles. The van der Waals surface area contributed by atoms with Crippen LogP contribution in [0, 0.1) is 0 Å². The largest absolute Gasteiger partial charge is 0.494 e. The van der Waals surface area contributed by atoms with E-state index in [1.165, 1.54) is 6.21 Å². The molecule has 1 N–H and O–H groups in total. The van der Waals surface area contributed by atoms with Crippen LogP contribution in [0.2, 0.25) is 0 Å². The average Bonchev–Trinajstić information content (AvgIpc) is 2.62. The number of hydrogen-bond acceptors (Lipinski definition) is 5. The number of carbonyl (C=O) groups is 1. The Balaban J connectivity index is 2.05. The van der Waals surface area contributed by atoms with Gasteiger partial charge in [-0.1, -0.05) is 0 Å². The number of carbonyl (C=O) groups excluding carboxylic acids is 1. The number of amides is 1. The molecule has 0 aliphatic heterocycles. The van der Waals surface area contributed by atoms with Crippen molar-refractivity contribution in [2.75, 3.05) is 20.8 Å². The molecule has 132 valence electrons. The molecule has 2 aromatic rings. The predicted octanol–water partition coefficient (Wildman–Crippen LogP) is 3.63. The lowest BCUT2D eigenvalue weighted by molar-refractivity contribution is 0.0955. The van der Waals surface area contributed by atoms with E-state index in [4.69, 9.17) is 14.2 Å². The Morgan fingerprint density at radius 3 is 2.52 bits per heavy atom. The smallest absolute Gasteiger partial charge is 0.271 e. The van der Waals surface area contributed by atoms with E-state index in [2.05, 4.69) is 26.5 Å². The zero-order valence-electron chi connectivity index (χ0n) is 14.2. The highest BCUT2D eigenvalue weighted by Gasteiger charge is 2.10. The van der Waals surface area contributed by atoms with Crippen LogP contribution in [0.5, 0.6) is 17.2 Å². The van der Waals surface area contributed by atoms with Crippen LogP contribution < -0.4 is 19.6 Å². The van der Waals surface area contributed by atoms with Crippen molar-refractivity contribution in [2.24, 2.45) is 5.10 Å². The molecule has 6 nitrogen and oxygen atoms in total. The van der Waals surface area contributed by atoms with E-state index in [9.17, 15) is 4.79 Å². The Bertz CT molecular complexity index is 760. The fourth-order valence-electron chi connectivity index (χ4n) is 2.11. The first-order valence-corrected chi connectivity index (χ1v) is 8.36. The molecule has 0 fully saturated rings. The molecule has 0 spiro atoms. The fourth-order valence-corrected chi connectivity index (χ4v) is 2.73. The summed E-state index contributed by atoms with van der Waals surface area (Å²) in [6, 6.07) is 10.4. The lowest BCUT2D eigenvalue weighted by Gasteiger charge is -2.10. The molecule has 0 unspecified atom stereocenters. The minimum Gasteiger partial charge on any atom is -0.494 e. The summed E-state index contributed by atoms with van der Waals surface area (Å²) in [7, 11) is 3.12. The highest BCUT2D eigenvalue weighted by molar-refractivity contribution is 9.10. The Labute approximate surface area is 154 Å². The first-order chi connectivity index (χ1) is 12.1. The molecule has 0 saturated carbocycles. The van der Waals surface area contributed by atoms with Crippen molar-refractivity contribution in [1.82, 2.24) is 5.43 Å². The van der Waals surface area contributed by atoms with Crippen LogP contribution in [0.4, 0.5) is 0 Å².